The number of morpholine rings is 1. The van der Waals surface area contributed by atoms with E-state index in [0.29, 0.717) is 17.5 Å². The predicted molar refractivity (Wildman–Crippen MR) is 66.1 cm³/mol. The molecule has 5 heteroatoms. The van der Waals surface area contributed by atoms with E-state index in [0.717, 1.165) is 26.1 Å². The van der Waals surface area contributed by atoms with Crippen LogP contribution in [0.3, 0.4) is 0 Å². The molecule has 0 aromatic carbocycles. The summed E-state index contributed by atoms with van der Waals surface area (Å²) < 4.78 is 14.2. The first kappa shape index (κ1) is 12.1. The molecule has 0 aromatic heterocycles. The summed E-state index contributed by atoms with van der Waals surface area (Å²) in [4.78, 5) is 0. The Balaban J connectivity index is 1.88. The molecule has 0 radical (unpaired) electrons. The summed E-state index contributed by atoms with van der Waals surface area (Å²) in [5, 5.41) is 0.638. The van der Waals surface area contributed by atoms with Crippen molar-refractivity contribution in [3.05, 3.63) is 0 Å². The quantitative estimate of drug-likeness (QED) is 0.701. The molecule has 2 rings (SSSR count). The average molecular weight is 249 g/mol. The van der Waals surface area contributed by atoms with Crippen LogP contribution in [0.4, 0.5) is 0 Å². The van der Waals surface area contributed by atoms with E-state index in [-0.39, 0.29) is 0 Å². The van der Waals surface area contributed by atoms with Crippen LogP contribution >= 0.6 is 18.9 Å². The van der Waals surface area contributed by atoms with Gasteiger partial charge in [0, 0.05) is 18.3 Å². The first-order valence-corrected chi connectivity index (χ1v) is 8.40. The zero-order chi connectivity index (χ0) is 10.8. The Labute approximate surface area is 97.5 Å². The van der Waals surface area contributed by atoms with Crippen molar-refractivity contribution >= 4 is 18.9 Å². The number of hydrogen-bond donors (Lipinski definition) is 0. The fraction of sp³-hybridized carbons (Fsp3) is 1.00. The zero-order valence-corrected chi connectivity index (χ0v) is 11.4. The third-order valence-corrected chi connectivity index (χ3v) is 7.70. The minimum atomic E-state index is -0.404. The molecule has 0 spiro atoms. The lowest BCUT2D eigenvalue weighted by atomic mass is 10.2. The second-order valence-electron chi connectivity index (χ2n) is 4.17. The Morgan fingerprint density at radius 1 is 1.47 bits per heavy atom. The fourth-order valence-corrected chi connectivity index (χ4v) is 6.42. The number of ether oxygens (including phenoxy) is 1. The first-order chi connectivity index (χ1) is 7.20. The minimum absolute atomic E-state index is 0.404. The number of nitrogens with zero attached hydrogens (tertiary/aromatic N) is 1. The number of hydrogen-bond acceptors (Lipinski definition) is 4. The molecule has 3 unspecified atom stereocenters. The fourth-order valence-electron chi connectivity index (χ4n) is 1.71. The van der Waals surface area contributed by atoms with Gasteiger partial charge in [-0.25, -0.2) is 4.67 Å². The van der Waals surface area contributed by atoms with Gasteiger partial charge >= 0.3 is 0 Å². The van der Waals surface area contributed by atoms with E-state index in [1.165, 1.54) is 0 Å². The topological polar surface area (TPSA) is 21.7 Å². The van der Waals surface area contributed by atoms with Crippen molar-refractivity contribution in [3.8, 4) is 0 Å². The highest BCUT2D eigenvalue weighted by Gasteiger charge is 2.36. The zero-order valence-electron chi connectivity index (χ0n) is 9.68. The second-order valence-corrected chi connectivity index (χ2v) is 7.95. The van der Waals surface area contributed by atoms with Crippen LogP contribution in [0.2, 0.25) is 0 Å². The monoisotopic (exact) mass is 249 g/mol. The molecule has 2 fully saturated rings. The van der Waals surface area contributed by atoms with Gasteiger partial charge in [0.2, 0.25) is 0 Å². The predicted octanol–water partition coefficient (Wildman–Crippen LogP) is 2.86. The van der Waals surface area contributed by atoms with E-state index < -0.39 is 7.50 Å². The molecule has 0 aliphatic carbocycles. The van der Waals surface area contributed by atoms with Crippen molar-refractivity contribution in [3.63, 3.8) is 0 Å². The minimum Gasteiger partial charge on any atom is -0.376 e. The van der Waals surface area contributed by atoms with Crippen LogP contribution in [0.1, 0.15) is 27.2 Å². The van der Waals surface area contributed by atoms with Crippen molar-refractivity contribution in [2.75, 3.05) is 19.7 Å². The summed E-state index contributed by atoms with van der Waals surface area (Å²) in [6, 6.07) is 0. The van der Waals surface area contributed by atoms with Gasteiger partial charge in [0.25, 0.3) is 0 Å². The Hall–Kier alpha value is 0.660. The van der Waals surface area contributed by atoms with Crippen molar-refractivity contribution < 1.29 is 9.26 Å². The normalized spacial score (nSPS) is 43.4. The Morgan fingerprint density at radius 2 is 2.27 bits per heavy atom. The molecule has 0 amide bonds. The summed E-state index contributed by atoms with van der Waals surface area (Å²) in [5.74, 6) is 0. The molecule has 2 heterocycles. The lowest BCUT2D eigenvalue weighted by molar-refractivity contribution is -0.00433. The average Bonchev–Trinajstić information content (AvgIpc) is 2.59. The maximum Gasteiger partial charge on any atom is 0.170 e. The van der Waals surface area contributed by atoms with E-state index in [1.54, 1.807) is 0 Å². The first-order valence-electron chi connectivity index (χ1n) is 5.71. The molecular weight excluding hydrogens is 229 g/mol. The highest BCUT2D eigenvalue weighted by atomic mass is 32.7. The van der Waals surface area contributed by atoms with E-state index >= 15 is 0 Å². The van der Waals surface area contributed by atoms with Gasteiger partial charge in [0.05, 0.1) is 18.8 Å². The van der Waals surface area contributed by atoms with Crippen LogP contribution in [0.5, 0.6) is 0 Å². The second kappa shape index (κ2) is 5.33. The molecule has 4 atom stereocenters. The molecule has 15 heavy (non-hydrogen) atoms. The lowest BCUT2D eigenvalue weighted by Gasteiger charge is -2.34. The van der Waals surface area contributed by atoms with Gasteiger partial charge in [-0.15, -0.1) is 0 Å². The molecule has 0 bridgehead atoms. The maximum absolute atomic E-state index is 6.00. The van der Waals surface area contributed by atoms with Crippen molar-refractivity contribution in [1.29, 1.82) is 0 Å². The maximum atomic E-state index is 6.00. The van der Waals surface area contributed by atoms with Crippen LogP contribution in [0.25, 0.3) is 0 Å². The molecule has 3 nitrogen and oxygen atoms in total. The van der Waals surface area contributed by atoms with Gasteiger partial charge in [-0.05, 0) is 13.3 Å². The number of rotatable bonds is 2. The largest absolute Gasteiger partial charge is 0.376 e. The molecular formula is C10H20NO2PS. The van der Waals surface area contributed by atoms with Gasteiger partial charge in [-0.2, -0.15) is 0 Å². The van der Waals surface area contributed by atoms with Crippen LogP contribution < -0.4 is 0 Å². The molecule has 0 aromatic rings. The van der Waals surface area contributed by atoms with Crippen LogP contribution in [-0.2, 0) is 9.26 Å². The molecule has 2 aliphatic heterocycles. The van der Waals surface area contributed by atoms with Crippen molar-refractivity contribution in [1.82, 2.24) is 4.67 Å². The molecule has 0 N–H and O–H groups in total. The highest BCUT2D eigenvalue weighted by Crippen LogP contribution is 2.63. The Kier molecular flexibility index (Phi) is 4.31. The third-order valence-electron chi connectivity index (χ3n) is 2.98. The van der Waals surface area contributed by atoms with Crippen molar-refractivity contribution in [2.24, 2.45) is 0 Å². The van der Waals surface area contributed by atoms with Gasteiger partial charge in [0.1, 0.15) is 0 Å². The Bertz CT molecular complexity index is 210. The van der Waals surface area contributed by atoms with Gasteiger partial charge in [-0.3, -0.25) is 0 Å². The van der Waals surface area contributed by atoms with Gasteiger partial charge < -0.3 is 9.26 Å². The van der Waals surface area contributed by atoms with Crippen LogP contribution in [-0.4, -0.2) is 41.8 Å². The summed E-state index contributed by atoms with van der Waals surface area (Å²) in [5.41, 5.74) is 0. The smallest absolute Gasteiger partial charge is 0.170 e. The summed E-state index contributed by atoms with van der Waals surface area (Å²) >= 11 is 2.01. The van der Waals surface area contributed by atoms with Gasteiger partial charge in [-0.1, -0.05) is 25.2 Å². The standard InChI is InChI=1S/C10H20NO2PS/c1-4-10-7-11(5-6-12-10)14-13-8(2)9(3)15-14/h8-10H,4-7H2,1-3H3/t8?,9?,10-,14?/m0/s1. The molecule has 0 saturated carbocycles. The van der Waals surface area contributed by atoms with E-state index in [1.807, 2.05) is 11.4 Å². The van der Waals surface area contributed by atoms with E-state index in [4.69, 9.17) is 9.26 Å². The highest BCUT2D eigenvalue weighted by molar-refractivity contribution is 8.54. The van der Waals surface area contributed by atoms with Crippen molar-refractivity contribution in [2.45, 2.75) is 44.6 Å². The SMILES string of the molecule is CC[C@H]1CN(P2OC(C)C(C)S2)CCO1. The third kappa shape index (κ3) is 2.86. The molecule has 2 saturated heterocycles. The molecule has 88 valence electrons. The molecule has 2 aliphatic rings. The van der Waals surface area contributed by atoms with Crippen LogP contribution in [0, 0.1) is 0 Å². The Morgan fingerprint density at radius 3 is 2.87 bits per heavy atom. The van der Waals surface area contributed by atoms with Crippen LogP contribution in [0.15, 0.2) is 0 Å². The van der Waals surface area contributed by atoms with E-state index in [2.05, 4.69) is 25.4 Å². The summed E-state index contributed by atoms with van der Waals surface area (Å²) in [6.45, 7) is 9.58. The van der Waals surface area contributed by atoms with E-state index in [9.17, 15) is 0 Å². The summed E-state index contributed by atoms with van der Waals surface area (Å²) in [6.07, 6.45) is 1.93. The summed E-state index contributed by atoms with van der Waals surface area (Å²) in [7, 11) is -0.404. The van der Waals surface area contributed by atoms with Gasteiger partial charge in [0.15, 0.2) is 7.50 Å². The lowest BCUT2D eigenvalue weighted by Crippen LogP contribution is -2.38.